The van der Waals surface area contributed by atoms with Gasteiger partial charge in [-0.2, -0.15) is 0 Å². The van der Waals surface area contributed by atoms with Crippen molar-refractivity contribution in [1.29, 1.82) is 0 Å². The molecule has 1 unspecified atom stereocenters. The molecule has 190 valence electrons. The number of thiazole rings is 1. The molecular formula is C22H27Cl2IN6O3S. The van der Waals surface area contributed by atoms with Crippen molar-refractivity contribution in [3.8, 4) is 0 Å². The summed E-state index contributed by atoms with van der Waals surface area (Å²) in [5.41, 5.74) is 5.78. The molecular weight excluding hydrogens is 626 g/mol. The predicted octanol–water partition coefficient (Wildman–Crippen LogP) is 4.79. The first-order valence-corrected chi connectivity index (χ1v) is 13.7. The number of hydrogen-bond donors (Lipinski definition) is 3. The average molecular weight is 653 g/mol. The second-order valence-electron chi connectivity index (χ2n) is 8.94. The van der Waals surface area contributed by atoms with Crippen LogP contribution in [0.2, 0.25) is 10.0 Å². The van der Waals surface area contributed by atoms with Crippen LogP contribution in [0.3, 0.4) is 0 Å². The Hall–Kier alpha value is -1.67. The van der Waals surface area contributed by atoms with E-state index in [1.807, 2.05) is 20.8 Å². The summed E-state index contributed by atoms with van der Waals surface area (Å²) in [7, 11) is 0. The van der Waals surface area contributed by atoms with Gasteiger partial charge in [0.15, 0.2) is 5.69 Å². The van der Waals surface area contributed by atoms with E-state index in [0.717, 1.165) is 0 Å². The fraction of sp³-hybridized carbons (Fsp3) is 0.455. The number of urea groups is 1. The molecule has 1 aromatic carbocycles. The largest absolute Gasteiger partial charge is 0.334 e. The monoisotopic (exact) mass is 652 g/mol. The van der Waals surface area contributed by atoms with Gasteiger partial charge in [-0.05, 0) is 12.1 Å². The van der Waals surface area contributed by atoms with E-state index in [2.05, 4.69) is 38.2 Å². The summed E-state index contributed by atoms with van der Waals surface area (Å²) in [4.78, 5) is 46.8. The first-order valence-electron chi connectivity index (χ1n) is 10.9. The number of alkyl halides is 1. The minimum atomic E-state index is -0.584. The number of carbonyl (C=O) groups is 3. The third kappa shape index (κ3) is 6.76. The lowest BCUT2D eigenvalue weighted by Crippen LogP contribution is -2.43. The summed E-state index contributed by atoms with van der Waals surface area (Å²) < 4.78 is -0.222. The molecule has 0 saturated carbocycles. The Morgan fingerprint density at radius 2 is 2.00 bits per heavy atom. The summed E-state index contributed by atoms with van der Waals surface area (Å²) in [6.07, 6.45) is 0.192. The van der Waals surface area contributed by atoms with Crippen LogP contribution in [0, 0.1) is 0 Å². The number of rotatable bonds is 5. The molecule has 9 nitrogen and oxygen atoms in total. The first kappa shape index (κ1) is 27.9. The standard InChI is InChI=1S/C22H27Cl2IN6O3S/c1-22(2,3)20-28-17(19(33)30-9-7-15(32)31(10-8-26)14(25)11-30)18(35-20)29-21(34)27-13-6-4-5-12(23)16(13)24/h4-6,14H,7-11,26H2,1-3H3,(H2,27,29,34). The number of aromatic nitrogens is 1. The summed E-state index contributed by atoms with van der Waals surface area (Å²) in [5, 5.41) is 6.93. The third-order valence-corrected chi connectivity index (χ3v) is 8.46. The first-order chi connectivity index (χ1) is 16.4. The molecule has 0 spiro atoms. The van der Waals surface area contributed by atoms with Crippen LogP contribution in [0.4, 0.5) is 15.5 Å². The van der Waals surface area contributed by atoms with E-state index in [-0.39, 0.29) is 45.0 Å². The third-order valence-electron chi connectivity index (χ3n) is 5.18. The molecule has 0 bridgehead atoms. The van der Waals surface area contributed by atoms with Crippen molar-refractivity contribution in [2.24, 2.45) is 5.73 Å². The average Bonchev–Trinajstić information content (AvgIpc) is 3.15. The predicted molar refractivity (Wildman–Crippen MR) is 149 cm³/mol. The Morgan fingerprint density at radius 1 is 1.29 bits per heavy atom. The van der Waals surface area contributed by atoms with Gasteiger partial charge in [0.25, 0.3) is 5.91 Å². The van der Waals surface area contributed by atoms with Gasteiger partial charge in [0.1, 0.15) is 14.1 Å². The number of hydrogen-bond acceptors (Lipinski definition) is 6. The van der Waals surface area contributed by atoms with Gasteiger partial charge in [-0.15, -0.1) is 0 Å². The van der Waals surface area contributed by atoms with E-state index in [4.69, 9.17) is 28.9 Å². The molecule has 35 heavy (non-hydrogen) atoms. The summed E-state index contributed by atoms with van der Waals surface area (Å²) in [6.45, 7) is 7.30. The van der Waals surface area contributed by atoms with Crippen molar-refractivity contribution in [2.75, 3.05) is 36.8 Å². The highest BCUT2D eigenvalue weighted by atomic mass is 127. The van der Waals surface area contributed by atoms with Crippen molar-refractivity contribution in [3.63, 3.8) is 0 Å². The van der Waals surface area contributed by atoms with Crippen molar-refractivity contribution in [3.05, 3.63) is 38.9 Å². The van der Waals surface area contributed by atoms with Crippen LogP contribution < -0.4 is 16.4 Å². The highest BCUT2D eigenvalue weighted by Gasteiger charge is 2.33. The molecule has 1 atom stereocenters. The lowest BCUT2D eigenvalue weighted by Gasteiger charge is -2.27. The quantitative estimate of drug-likeness (QED) is 0.244. The van der Waals surface area contributed by atoms with Crippen LogP contribution >= 0.6 is 57.1 Å². The van der Waals surface area contributed by atoms with E-state index in [1.165, 1.54) is 11.3 Å². The van der Waals surface area contributed by atoms with Gasteiger partial charge < -0.3 is 20.9 Å². The molecule has 0 radical (unpaired) electrons. The van der Waals surface area contributed by atoms with Gasteiger partial charge >= 0.3 is 6.03 Å². The van der Waals surface area contributed by atoms with Gasteiger partial charge in [-0.1, -0.05) is 84.0 Å². The maximum atomic E-state index is 13.6. The van der Waals surface area contributed by atoms with Gasteiger partial charge in [-0.3, -0.25) is 14.9 Å². The smallest absolute Gasteiger partial charge is 0.324 e. The molecule has 2 heterocycles. The topological polar surface area (TPSA) is 121 Å². The number of carbonyl (C=O) groups excluding carboxylic acids is 3. The minimum Gasteiger partial charge on any atom is -0.334 e. The Morgan fingerprint density at radius 3 is 2.66 bits per heavy atom. The fourth-order valence-electron chi connectivity index (χ4n) is 3.37. The lowest BCUT2D eigenvalue weighted by atomic mass is 9.98. The summed E-state index contributed by atoms with van der Waals surface area (Å²) in [6, 6.07) is 4.32. The summed E-state index contributed by atoms with van der Waals surface area (Å²) >= 11 is 15.6. The van der Waals surface area contributed by atoms with E-state index in [9.17, 15) is 14.4 Å². The van der Waals surface area contributed by atoms with Gasteiger partial charge in [0, 0.05) is 31.5 Å². The molecule has 2 aromatic rings. The Kier molecular flexibility index (Phi) is 9.24. The van der Waals surface area contributed by atoms with Crippen molar-refractivity contribution >= 4 is 85.7 Å². The SMILES string of the molecule is CC(C)(C)c1nc(C(=O)N2CCC(=O)N(CCN)C(I)C2)c(NC(=O)Nc2cccc(Cl)c2Cl)s1. The number of halogens is 3. The van der Waals surface area contributed by atoms with Gasteiger partial charge in [0.2, 0.25) is 5.91 Å². The second kappa shape index (κ2) is 11.6. The molecule has 1 fully saturated rings. The molecule has 3 rings (SSSR count). The Balaban J connectivity index is 1.86. The minimum absolute atomic E-state index is 0.0464. The molecule has 1 aromatic heterocycles. The van der Waals surface area contributed by atoms with Crippen molar-refractivity contribution in [2.45, 2.75) is 36.7 Å². The van der Waals surface area contributed by atoms with Gasteiger partial charge in [0.05, 0.1) is 22.3 Å². The number of benzene rings is 1. The van der Waals surface area contributed by atoms with Crippen molar-refractivity contribution < 1.29 is 14.4 Å². The number of anilines is 2. The maximum absolute atomic E-state index is 13.6. The molecule has 4 N–H and O–H groups in total. The Bertz CT molecular complexity index is 1120. The van der Waals surface area contributed by atoms with Crippen LogP contribution in [-0.2, 0) is 10.2 Å². The number of nitrogens with two attached hydrogens (primary N) is 1. The van der Waals surface area contributed by atoms with Crippen LogP contribution in [0.5, 0.6) is 0 Å². The van der Waals surface area contributed by atoms with Crippen molar-refractivity contribution in [1.82, 2.24) is 14.8 Å². The highest BCUT2D eigenvalue weighted by Crippen LogP contribution is 2.35. The number of amides is 4. The molecule has 1 aliphatic heterocycles. The molecule has 1 saturated heterocycles. The van der Waals surface area contributed by atoms with E-state index in [1.54, 1.807) is 28.0 Å². The normalized spacial score (nSPS) is 16.8. The summed E-state index contributed by atoms with van der Waals surface area (Å²) in [5.74, 6) is -0.396. The molecule has 0 aliphatic carbocycles. The van der Waals surface area contributed by atoms with Crippen LogP contribution in [0.25, 0.3) is 0 Å². The zero-order valence-electron chi connectivity index (χ0n) is 19.5. The van der Waals surface area contributed by atoms with E-state index >= 15 is 0 Å². The van der Waals surface area contributed by atoms with Crippen LogP contribution in [0.15, 0.2) is 18.2 Å². The maximum Gasteiger partial charge on any atom is 0.324 e. The van der Waals surface area contributed by atoms with E-state index in [0.29, 0.717) is 40.4 Å². The number of nitrogens with one attached hydrogen (secondary N) is 2. The zero-order valence-corrected chi connectivity index (χ0v) is 24.0. The van der Waals surface area contributed by atoms with E-state index < -0.39 is 6.03 Å². The second-order valence-corrected chi connectivity index (χ2v) is 12.2. The Labute approximate surface area is 231 Å². The molecule has 13 heteroatoms. The van der Waals surface area contributed by atoms with Crippen LogP contribution in [0.1, 0.15) is 42.7 Å². The van der Waals surface area contributed by atoms with Gasteiger partial charge in [-0.25, -0.2) is 9.78 Å². The molecule has 1 aliphatic rings. The zero-order chi connectivity index (χ0) is 25.9. The number of nitrogens with zero attached hydrogens (tertiary/aromatic N) is 3. The lowest BCUT2D eigenvalue weighted by molar-refractivity contribution is -0.130. The fourth-order valence-corrected chi connectivity index (χ4v) is 5.79. The highest BCUT2D eigenvalue weighted by molar-refractivity contribution is 14.1. The molecule has 4 amide bonds. The van der Waals surface area contributed by atoms with Crippen LogP contribution in [-0.4, -0.2) is 62.9 Å².